The van der Waals surface area contributed by atoms with E-state index in [0.29, 0.717) is 5.41 Å². The monoisotopic (exact) mass is 379 g/mol. The van der Waals surface area contributed by atoms with E-state index in [2.05, 4.69) is 61.2 Å². The molecule has 1 N–H and O–H groups in total. The quantitative estimate of drug-likeness (QED) is 0.719. The Kier molecular flexibility index (Phi) is 5.75. The third-order valence-electron chi connectivity index (χ3n) is 6.85. The molecule has 1 spiro atoms. The van der Waals surface area contributed by atoms with E-state index in [1.165, 1.54) is 48.2 Å². The van der Waals surface area contributed by atoms with Gasteiger partial charge in [-0.2, -0.15) is 0 Å². The molecule has 0 aromatic heterocycles. The Morgan fingerprint density at radius 1 is 1.00 bits per heavy atom. The molecule has 3 heteroatoms. The van der Waals surface area contributed by atoms with Crippen LogP contribution >= 0.6 is 0 Å². The predicted molar refractivity (Wildman–Crippen MR) is 115 cm³/mol. The number of benzene rings is 2. The molecular weight excluding hydrogens is 346 g/mol. The fraction of sp³-hybridized carbons (Fsp3) is 0.520. The lowest BCUT2D eigenvalue weighted by Crippen LogP contribution is -2.49. The maximum absolute atomic E-state index is 9.61. The molecule has 1 aliphatic carbocycles. The number of hydrogen-bond acceptors (Lipinski definition) is 3. The van der Waals surface area contributed by atoms with Crippen LogP contribution in [0.2, 0.25) is 0 Å². The van der Waals surface area contributed by atoms with Gasteiger partial charge in [-0.3, -0.25) is 0 Å². The van der Waals surface area contributed by atoms with Gasteiger partial charge < -0.3 is 14.7 Å². The predicted octanol–water partition coefficient (Wildman–Crippen LogP) is 4.98. The molecule has 2 aromatic rings. The van der Waals surface area contributed by atoms with E-state index in [9.17, 15) is 5.11 Å². The van der Waals surface area contributed by atoms with Gasteiger partial charge >= 0.3 is 0 Å². The Morgan fingerprint density at radius 3 is 2.43 bits per heavy atom. The van der Waals surface area contributed by atoms with Crippen LogP contribution in [-0.4, -0.2) is 42.4 Å². The highest BCUT2D eigenvalue weighted by Gasteiger charge is 2.44. The number of likely N-dealkylation sites (tertiary alicyclic amines) is 1. The van der Waals surface area contributed by atoms with Gasteiger partial charge in [0, 0.05) is 6.54 Å². The summed E-state index contributed by atoms with van der Waals surface area (Å²) >= 11 is 0. The van der Waals surface area contributed by atoms with Gasteiger partial charge in [-0.1, -0.05) is 36.4 Å². The van der Waals surface area contributed by atoms with Crippen molar-refractivity contribution in [3.05, 3.63) is 53.6 Å². The van der Waals surface area contributed by atoms with Crippen LogP contribution in [0, 0.1) is 19.3 Å². The lowest BCUT2D eigenvalue weighted by molar-refractivity contribution is -0.0681. The van der Waals surface area contributed by atoms with Crippen molar-refractivity contribution in [3.8, 4) is 16.9 Å². The zero-order valence-corrected chi connectivity index (χ0v) is 17.3. The van der Waals surface area contributed by atoms with E-state index in [0.717, 1.165) is 38.2 Å². The molecule has 0 bridgehead atoms. The number of aliphatic hydroxyl groups is 1. The number of rotatable bonds is 6. The van der Waals surface area contributed by atoms with E-state index in [4.69, 9.17) is 4.74 Å². The first-order valence-electron chi connectivity index (χ1n) is 10.8. The second kappa shape index (κ2) is 8.26. The molecule has 0 unspecified atom stereocenters. The Labute approximate surface area is 169 Å². The van der Waals surface area contributed by atoms with Crippen molar-refractivity contribution in [2.45, 2.75) is 52.1 Å². The topological polar surface area (TPSA) is 32.7 Å². The molecule has 150 valence electrons. The Balaban J connectivity index is 1.27. The SMILES string of the molecule is Cc1ccccc1-c1cccc(OCCCN2CCC3(CC2)CC(O)C3)c1C. The molecule has 0 radical (unpaired) electrons. The normalized spacial score (nSPS) is 19.5. The number of aryl methyl sites for hydroxylation is 1. The van der Waals surface area contributed by atoms with E-state index in [1.54, 1.807) is 0 Å². The molecular formula is C25H33NO2. The largest absolute Gasteiger partial charge is 0.493 e. The molecule has 2 aliphatic rings. The molecule has 3 nitrogen and oxygen atoms in total. The van der Waals surface area contributed by atoms with Crippen LogP contribution in [-0.2, 0) is 0 Å². The van der Waals surface area contributed by atoms with E-state index >= 15 is 0 Å². The van der Waals surface area contributed by atoms with Crippen LogP contribution in [0.5, 0.6) is 5.75 Å². The van der Waals surface area contributed by atoms with Crippen LogP contribution in [0.3, 0.4) is 0 Å². The summed E-state index contributed by atoms with van der Waals surface area (Å²) in [5, 5.41) is 9.61. The van der Waals surface area contributed by atoms with Gasteiger partial charge in [-0.15, -0.1) is 0 Å². The fourth-order valence-electron chi connectivity index (χ4n) is 5.01. The number of piperidine rings is 1. The van der Waals surface area contributed by atoms with Crippen molar-refractivity contribution in [1.29, 1.82) is 0 Å². The molecule has 1 saturated carbocycles. The van der Waals surface area contributed by atoms with Gasteiger partial charge in [0.2, 0.25) is 0 Å². The van der Waals surface area contributed by atoms with Crippen LogP contribution in [0.4, 0.5) is 0 Å². The summed E-state index contributed by atoms with van der Waals surface area (Å²) in [5.41, 5.74) is 5.54. The maximum atomic E-state index is 9.61. The third-order valence-corrected chi connectivity index (χ3v) is 6.85. The molecule has 2 fully saturated rings. The first-order chi connectivity index (χ1) is 13.6. The number of hydrogen-bond donors (Lipinski definition) is 1. The number of nitrogens with zero attached hydrogens (tertiary/aromatic N) is 1. The van der Waals surface area contributed by atoms with Crippen molar-refractivity contribution >= 4 is 0 Å². The van der Waals surface area contributed by atoms with Crippen molar-refractivity contribution in [2.75, 3.05) is 26.2 Å². The minimum atomic E-state index is -0.0290. The third kappa shape index (κ3) is 4.11. The molecule has 0 amide bonds. The first kappa shape index (κ1) is 19.5. The van der Waals surface area contributed by atoms with Gasteiger partial charge in [-0.25, -0.2) is 0 Å². The van der Waals surface area contributed by atoms with Crippen LogP contribution in [0.25, 0.3) is 11.1 Å². The summed E-state index contributed by atoms with van der Waals surface area (Å²) in [5.74, 6) is 1.00. The average molecular weight is 380 g/mol. The number of aliphatic hydroxyl groups excluding tert-OH is 1. The smallest absolute Gasteiger partial charge is 0.122 e. The summed E-state index contributed by atoms with van der Waals surface area (Å²) in [7, 11) is 0. The Morgan fingerprint density at radius 2 is 1.71 bits per heavy atom. The summed E-state index contributed by atoms with van der Waals surface area (Å²) in [4.78, 5) is 2.57. The molecule has 2 aromatic carbocycles. The van der Waals surface area contributed by atoms with Crippen LogP contribution in [0.15, 0.2) is 42.5 Å². The average Bonchev–Trinajstić information content (AvgIpc) is 2.67. The van der Waals surface area contributed by atoms with Gasteiger partial charge in [0.25, 0.3) is 0 Å². The van der Waals surface area contributed by atoms with Gasteiger partial charge in [0.15, 0.2) is 0 Å². The van der Waals surface area contributed by atoms with E-state index < -0.39 is 0 Å². The summed E-state index contributed by atoms with van der Waals surface area (Å²) < 4.78 is 6.16. The Hall–Kier alpha value is -1.84. The highest BCUT2D eigenvalue weighted by atomic mass is 16.5. The minimum Gasteiger partial charge on any atom is -0.493 e. The zero-order chi connectivity index (χ0) is 19.6. The van der Waals surface area contributed by atoms with Gasteiger partial charge in [0.1, 0.15) is 5.75 Å². The van der Waals surface area contributed by atoms with Crippen LogP contribution < -0.4 is 4.74 Å². The molecule has 1 saturated heterocycles. The Bertz CT molecular complexity index is 800. The summed E-state index contributed by atoms with van der Waals surface area (Å²) in [6, 6.07) is 14.9. The van der Waals surface area contributed by atoms with Gasteiger partial charge in [0.05, 0.1) is 12.7 Å². The van der Waals surface area contributed by atoms with E-state index in [1.807, 2.05) is 0 Å². The second-order valence-corrected chi connectivity index (χ2v) is 8.85. The standard InChI is InChI=1S/C25H33NO2/c1-19-7-3-4-8-22(19)23-9-5-10-24(20(23)2)28-16-6-13-26-14-11-25(12-15-26)17-21(27)18-25/h3-5,7-10,21,27H,6,11-18H2,1-2H3. The van der Waals surface area contributed by atoms with Crippen molar-refractivity contribution < 1.29 is 9.84 Å². The molecule has 28 heavy (non-hydrogen) atoms. The second-order valence-electron chi connectivity index (χ2n) is 8.85. The summed E-state index contributed by atoms with van der Waals surface area (Å²) in [6.07, 6.45) is 5.59. The minimum absolute atomic E-state index is 0.0290. The van der Waals surface area contributed by atoms with Gasteiger partial charge in [-0.05, 0) is 92.8 Å². The van der Waals surface area contributed by atoms with Crippen molar-refractivity contribution in [1.82, 2.24) is 4.90 Å². The van der Waals surface area contributed by atoms with Crippen molar-refractivity contribution in [3.63, 3.8) is 0 Å². The fourth-order valence-corrected chi connectivity index (χ4v) is 5.01. The van der Waals surface area contributed by atoms with Crippen LogP contribution in [0.1, 0.15) is 43.2 Å². The first-order valence-corrected chi connectivity index (χ1v) is 10.8. The van der Waals surface area contributed by atoms with E-state index in [-0.39, 0.29) is 6.10 Å². The van der Waals surface area contributed by atoms with Crippen molar-refractivity contribution in [2.24, 2.45) is 5.41 Å². The molecule has 1 aliphatic heterocycles. The molecule has 4 rings (SSSR count). The highest BCUT2D eigenvalue weighted by molar-refractivity contribution is 5.72. The zero-order valence-electron chi connectivity index (χ0n) is 17.3. The maximum Gasteiger partial charge on any atom is 0.122 e. The molecule has 0 atom stereocenters. The highest BCUT2D eigenvalue weighted by Crippen LogP contribution is 2.48. The summed E-state index contributed by atoms with van der Waals surface area (Å²) in [6.45, 7) is 8.54. The molecule has 1 heterocycles. The lowest BCUT2D eigenvalue weighted by atomic mass is 9.61. The lowest BCUT2D eigenvalue weighted by Gasteiger charge is -2.50. The number of ether oxygens (including phenoxy) is 1.